The first-order chi connectivity index (χ1) is 11.0. The summed E-state index contributed by atoms with van der Waals surface area (Å²) in [4.78, 5) is 14.3. The number of nitrogens with zero attached hydrogens (tertiary/aromatic N) is 2. The maximum absolute atomic E-state index is 12.4. The van der Waals surface area contributed by atoms with Crippen molar-refractivity contribution in [2.75, 3.05) is 19.7 Å². The molecule has 0 saturated carbocycles. The minimum absolute atomic E-state index is 0.158. The number of carbonyl (C=O) groups is 1. The molecule has 2 aliphatic heterocycles. The summed E-state index contributed by atoms with van der Waals surface area (Å²) in [6, 6.07) is 0. The van der Waals surface area contributed by atoms with E-state index in [1.54, 1.807) is 0 Å². The molecular weight excluding hydrogens is 296 g/mol. The van der Waals surface area contributed by atoms with Gasteiger partial charge in [0.25, 0.3) is 0 Å². The SMILES string of the molecule is Cc1noc(C)c1CCC(=O)N1CCC2(CC1)OCCC[C@@H]2O. The number of aryl methyl sites for hydroxylation is 2. The first kappa shape index (κ1) is 16.5. The molecule has 2 fully saturated rings. The average molecular weight is 322 g/mol. The molecule has 3 heterocycles. The van der Waals surface area contributed by atoms with E-state index in [0.29, 0.717) is 25.9 Å². The summed E-state index contributed by atoms with van der Waals surface area (Å²) in [5.41, 5.74) is 1.49. The number of aliphatic hydroxyl groups is 1. The first-order valence-corrected chi connectivity index (χ1v) is 8.53. The highest BCUT2D eigenvalue weighted by atomic mass is 16.5. The zero-order chi connectivity index (χ0) is 16.4. The summed E-state index contributed by atoms with van der Waals surface area (Å²) in [6.07, 6.45) is 3.93. The highest BCUT2D eigenvalue weighted by Gasteiger charge is 2.44. The van der Waals surface area contributed by atoms with Crippen LogP contribution in [0.2, 0.25) is 0 Å². The molecule has 6 nitrogen and oxygen atoms in total. The second-order valence-corrected chi connectivity index (χ2v) is 6.75. The van der Waals surface area contributed by atoms with Crippen molar-refractivity contribution in [3.05, 3.63) is 17.0 Å². The van der Waals surface area contributed by atoms with Gasteiger partial charge < -0.3 is 19.3 Å². The maximum Gasteiger partial charge on any atom is 0.222 e. The lowest BCUT2D eigenvalue weighted by Crippen LogP contribution is -2.56. The van der Waals surface area contributed by atoms with Crippen molar-refractivity contribution >= 4 is 5.91 Å². The van der Waals surface area contributed by atoms with Gasteiger partial charge in [0.15, 0.2) is 0 Å². The average Bonchev–Trinajstić information content (AvgIpc) is 2.87. The van der Waals surface area contributed by atoms with E-state index in [2.05, 4.69) is 5.16 Å². The van der Waals surface area contributed by atoms with Gasteiger partial charge in [0.05, 0.1) is 17.4 Å². The fraction of sp³-hybridized carbons (Fsp3) is 0.765. The first-order valence-electron chi connectivity index (χ1n) is 8.53. The van der Waals surface area contributed by atoms with Crippen LogP contribution in [0.3, 0.4) is 0 Å². The molecule has 3 rings (SSSR count). The van der Waals surface area contributed by atoms with Gasteiger partial charge in [0.1, 0.15) is 5.76 Å². The monoisotopic (exact) mass is 322 g/mol. The molecule has 1 spiro atoms. The third-order valence-corrected chi connectivity index (χ3v) is 5.35. The molecule has 128 valence electrons. The maximum atomic E-state index is 12.4. The van der Waals surface area contributed by atoms with E-state index in [1.165, 1.54) is 0 Å². The number of hydrogen-bond acceptors (Lipinski definition) is 5. The smallest absolute Gasteiger partial charge is 0.222 e. The lowest BCUT2D eigenvalue weighted by molar-refractivity contribution is -0.179. The van der Waals surface area contributed by atoms with Crippen molar-refractivity contribution in [2.45, 2.75) is 64.1 Å². The summed E-state index contributed by atoms with van der Waals surface area (Å²) >= 11 is 0. The standard InChI is InChI=1S/C17H26N2O4/c1-12-14(13(2)23-18-12)5-6-16(21)19-9-7-17(8-10-19)15(20)4-3-11-22-17/h15,20H,3-11H2,1-2H3/t15-/m0/s1. The van der Waals surface area contributed by atoms with Crippen LogP contribution < -0.4 is 0 Å². The van der Waals surface area contributed by atoms with Crippen LogP contribution in [0.4, 0.5) is 0 Å². The fourth-order valence-electron chi connectivity index (χ4n) is 3.77. The minimum atomic E-state index is -0.420. The van der Waals surface area contributed by atoms with E-state index in [1.807, 2.05) is 18.7 Å². The Kier molecular flexibility index (Phi) is 4.73. The van der Waals surface area contributed by atoms with Crippen LogP contribution in [0.15, 0.2) is 4.52 Å². The van der Waals surface area contributed by atoms with Crippen LogP contribution in [0.25, 0.3) is 0 Å². The summed E-state index contributed by atoms with van der Waals surface area (Å²) in [5, 5.41) is 14.2. The van der Waals surface area contributed by atoms with Gasteiger partial charge in [-0.2, -0.15) is 0 Å². The summed E-state index contributed by atoms with van der Waals surface area (Å²) in [5.74, 6) is 0.955. The summed E-state index contributed by atoms with van der Waals surface area (Å²) in [6.45, 7) is 5.83. The van der Waals surface area contributed by atoms with Crippen LogP contribution in [-0.4, -0.2) is 52.5 Å². The van der Waals surface area contributed by atoms with Gasteiger partial charge in [0.2, 0.25) is 5.91 Å². The lowest BCUT2D eigenvalue weighted by atomic mass is 9.82. The van der Waals surface area contributed by atoms with Crippen molar-refractivity contribution in [1.29, 1.82) is 0 Å². The second kappa shape index (κ2) is 6.61. The minimum Gasteiger partial charge on any atom is -0.390 e. The predicted octanol–water partition coefficient (Wildman–Crippen LogP) is 1.76. The molecule has 0 aromatic carbocycles. The van der Waals surface area contributed by atoms with Gasteiger partial charge in [-0.25, -0.2) is 0 Å². The van der Waals surface area contributed by atoms with Crippen LogP contribution >= 0.6 is 0 Å². The summed E-state index contributed by atoms with van der Waals surface area (Å²) in [7, 11) is 0. The fourth-order valence-corrected chi connectivity index (χ4v) is 3.77. The largest absolute Gasteiger partial charge is 0.390 e. The second-order valence-electron chi connectivity index (χ2n) is 6.75. The van der Waals surface area contributed by atoms with E-state index in [0.717, 1.165) is 49.3 Å². The Bertz CT molecular complexity index is 541. The number of aliphatic hydroxyl groups excluding tert-OH is 1. The number of amides is 1. The number of hydrogen-bond donors (Lipinski definition) is 1. The Morgan fingerprint density at radius 1 is 1.39 bits per heavy atom. The molecule has 23 heavy (non-hydrogen) atoms. The van der Waals surface area contributed by atoms with Gasteiger partial charge in [-0.1, -0.05) is 5.16 Å². The number of likely N-dealkylation sites (tertiary alicyclic amines) is 1. The van der Waals surface area contributed by atoms with E-state index in [9.17, 15) is 9.90 Å². The molecule has 0 unspecified atom stereocenters. The van der Waals surface area contributed by atoms with Crippen molar-refractivity contribution in [3.63, 3.8) is 0 Å². The molecule has 2 aliphatic rings. The van der Waals surface area contributed by atoms with Crippen molar-refractivity contribution in [1.82, 2.24) is 10.1 Å². The van der Waals surface area contributed by atoms with Crippen LogP contribution in [0.1, 0.15) is 49.1 Å². The van der Waals surface area contributed by atoms with E-state index in [4.69, 9.17) is 9.26 Å². The van der Waals surface area contributed by atoms with Crippen molar-refractivity contribution < 1.29 is 19.2 Å². The number of ether oxygens (including phenoxy) is 1. The topological polar surface area (TPSA) is 75.8 Å². The van der Waals surface area contributed by atoms with E-state index in [-0.39, 0.29) is 5.91 Å². The van der Waals surface area contributed by atoms with Crippen LogP contribution in [-0.2, 0) is 16.0 Å². The Morgan fingerprint density at radius 2 is 2.13 bits per heavy atom. The zero-order valence-corrected chi connectivity index (χ0v) is 14.0. The molecule has 1 N–H and O–H groups in total. The Hall–Kier alpha value is -1.40. The van der Waals surface area contributed by atoms with Crippen LogP contribution in [0.5, 0.6) is 0 Å². The Balaban J connectivity index is 1.52. The molecule has 1 aromatic heterocycles. The van der Waals surface area contributed by atoms with Gasteiger partial charge in [-0.3, -0.25) is 4.79 Å². The van der Waals surface area contributed by atoms with E-state index >= 15 is 0 Å². The van der Waals surface area contributed by atoms with Gasteiger partial charge >= 0.3 is 0 Å². The van der Waals surface area contributed by atoms with Gasteiger partial charge in [-0.05, 0) is 46.0 Å². The number of carbonyl (C=O) groups excluding carboxylic acids is 1. The third-order valence-electron chi connectivity index (χ3n) is 5.35. The Labute approximate surface area is 136 Å². The molecule has 2 saturated heterocycles. The molecule has 6 heteroatoms. The number of rotatable bonds is 3. The number of aromatic nitrogens is 1. The number of piperidine rings is 1. The van der Waals surface area contributed by atoms with Crippen LogP contribution in [0, 0.1) is 13.8 Å². The quantitative estimate of drug-likeness (QED) is 0.917. The predicted molar refractivity (Wildman–Crippen MR) is 84.0 cm³/mol. The molecule has 0 radical (unpaired) electrons. The lowest BCUT2D eigenvalue weighted by Gasteiger charge is -2.46. The highest BCUT2D eigenvalue weighted by Crippen LogP contribution is 2.35. The summed E-state index contributed by atoms with van der Waals surface area (Å²) < 4.78 is 11.0. The molecule has 1 amide bonds. The highest BCUT2D eigenvalue weighted by molar-refractivity contribution is 5.76. The molecule has 0 aliphatic carbocycles. The van der Waals surface area contributed by atoms with Gasteiger partial charge in [-0.15, -0.1) is 0 Å². The third kappa shape index (κ3) is 3.28. The van der Waals surface area contributed by atoms with Gasteiger partial charge in [0, 0.05) is 31.7 Å². The molecule has 0 bridgehead atoms. The van der Waals surface area contributed by atoms with E-state index < -0.39 is 11.7 Å². The van der Waals surface area contributed by atoms with Crippen molar-refractivity contribution in [2.24, 2.45) is 0 Å². The zero-order valence-electron chi connectivity index (χ0n) is 14.0. The molecular formula is C17H26N2O4. The molecule has 1 aromatic rings. The molecule has 1 atom stereocenters. The normalized spacial score (nSPS) is 24.1. The van der Waals surface area contributed by atoms with Crippen molar-refractivity contribution in [3.8, 4) is 0 Å². The Morgan fingerprint density at radius 3 is 2.74 bits per heavy atom.